The van der Waals surface area contributed by atoms with Gasteiger partial charge in [0.1, 0.15) is 0 Å². The highest BCUT2D eigenvalue weighted by molar-refractivity contribution is 5.53. The first-order valence-corrected chi connectivity index (χ1v) is 8.92. The van der Waals surface area contributed by atoms with E-state index in [1.54, 1.807) is 0 Å². The maximum Gasteiger partial charge on any atom is 0.0343 e. The molecule has 0 saturated heterocycles. The zero-order chi connectivity index (χ0) is 18.3. The first-order chi connectivity index (χ1) is 11.5. The second kappa shape index (κ2) is 8.60. The van der Waals surface area contributed by atoms with Gasteiger partial charge in [-0.25, -0.2) is 0 Å². The van der Waals surface area contributed by atoms with Gasteiger partial charge in [-0.3, -0.25) is 0 Å². The Kier molecular flexibility index (Phi) is 7.11. The smallest absolute Gasteiger partial charge is 0.0343 e. The molecule has 24 heavy (non-hydrogen) atoms. The molecule has 0 saturated carbocycles. The predicted molar refractivity (Wildman–Crippen MR) is 107 cm³/mol. The molecule has 0 spiro atoms. The normalized spacial score (nSPS) is 10.5. The van der Waals surface area contributed by atoms with Crippen LogP contribution < -0.4 is 5.73 Å². The highest BCUT2D eigenvalue weighted by atomic mass is 14.6. The number of nitrogens with two attached hydrogens (primary N) is 1. The van der Waals surface area contributed by atoms with Gasteiger partial charge in [-0.1, -0.05) is 57.9 Å². The summed E-state index contributed by atoms with van der Waals surface area (Å²) in [4.78, 5) is 0. The third-order valence-corrected chi connectivity index (χ3v) is 4.96. The average molecular weight is 322 g/mol. The number of nitrogen functional groups attached to an aromatic ring is 1. The van der Waals surface area contributed by atoms with E-state index in [4.69, 9.17) is 12.2 Å². The minimum absolute atomic E-state index is 0.0103. The molecule has 0 radical (unpaired) electrons. The maximum atomic E-state index is 5.99. The van der Waals surface area contributed by atoms with Crippen LogP contribution in [0.2, 0.25) is 0 Å². The Hall–Kier alpha value is -2.20. The SMILES string of the molecule is C#Cc1ccc(C(CC)(CC)c2ccc(N)c(C)c2)cc1C.CC. The van der Waals surface area contributed by atoms with Crippen LogP contribution in [-0.2, 0) is 5.41 Å². The van der Waals surface area contributed by atoms with Crippen LogP contribution in [-0.4, -0.2) is 0 Å². The van der Waals surface area contributed by atoms with Gasteiger partial charge in [0.15, 0.2) is 0 Å². The van der Waals surface area contributed by atoms with Crippen molar-refractivity contribution >= 4 is 5.69 Å². The van der Waals surface area contributed by atoms with Gasteiger partial charge in [-0.05, 0) is 61.1 Å². The second-order valence-electron chi connectivity index (χ2n) is 6.03. The molecule has 0 heterocycles. The lowest BCUT2D eigenvalue weighted by molar-refractivity contribution is 0.478. The number of rotatable bonds is 4. The Balaban J connectivity index is 0.00000139. The molecule has 0 aromatic heterocycles. The van der Waals surface area contributed by atoms with Crippen molar-refractivity contribution in [3.63, 3.8) is 0 Å². The lowest BCUT2D eigenvalue weighted by Gasteiger charge is -2.34. The molecule has 0 aliphatic rings. The van der Waals surface area contributed by atoms with Crippen LogP contribution in [0.5, 0.6) is 0 Å². The van der Waals surface area contributed by atoms with Crippen LogP contribution in [0, 0.1) is 26.2 Å². The fraction of sp³-hybridized carbons (Fsp3) is 0.391. The summed E-state index contributed by atoms with van der Waals surface area (Å²) in [5.74, 6) is 2.75. The van der Waals surface area contributed by atoms with Crippen molar-refractivity contribution in [3.8, 4) is 12.3 Å². The van der Waals surface area contributed by atoms with Crippen molar-refractivity contribution in [1.29, 1.82) is 0 Å². The second-order valence-corrected chi connectivity index (χ2v) is 6.03. The van der Waals surface area contributed by atoms with Gasteiger partial charge in [0, 0.05) is 16.7 Å². The Labute approximate surface area is 148 Å². The predicted octanol–water partition coefficient (Wildman–Crippen LogP) is 6.00. The van der Waals surface area contributed by atoms with Crippen molar-refractivity contribution in [3.05, 3.63) is 64.2 Å². The monoisotopic (exact) mass is 321 g/mol. The van der Waals surface area contributed by atoms with E-state index < -0.39 is 0 Å². The van der Waals surface area contributed by atoms with Crippen LogP contribution in [0.1, 0.15) is 68.4 Å². The summed E-state index contributed by atoms with van der Waals surface area (Å²) in [5.41, 5.74) is 12.8. The third kappa shape index (κ3) is 3.65. The molecule has 0 aliphatic heterocycles. The summed E-state index contributed by atoms with van der Waals surface area (Å²) in [6.07, 6.45) is 7.65. The summed E-state index contributed by atoms with van der Waals surface area (Å²) < 4.78 is 0. The lowest BCUT2D eigenvalue weighted by atomic mass is 9.70. The van der Waals surface area contributed by atoms with E-state index in [-0.39, 0.29) is 5.41 Å². The Morgan fingerprint density at radius 1 is 0.917 bits per heavy atom. The molecule has 2 aromatic carbocycles. The molecule has 2 aromatic rings. The number of benzene rings is 2. The van der Waals surface area contributed by atoms with Gasteiger partial charge >= 0.3 is 0 Å². The molecule has 0 unspecified atom stereocenters. The molecule has 0 amide bonds. The zero-order valence-electron chi connectivity index (χ0n) is 16.0. The number of anilines is 1. The van der Waals surface area contributed by atoms with E-state index in [1.165, 1.54) is 16.7 Å². The molecule has 1 heteroatoms. The molecule has 0 bridgehead atoms. The molecule has 0 atom stereocenters. The quantitative estimate of drug-likeness (QED) is 0.542. The highest BCUT2D eigenvalue weighted by Crippen LogP contribution is 2.40. The van der Waals surface area contributed by atoms with Gasteiger partial charge < -0.3 is 5.73 Å². The van der Waals surface area contributed by atoms with Crippen LogP contribution in [0.25, 0.3) is 0 Å². The van der Waals surface area contributed by atoms with Crippen molar-refractivity contribution in [2.24, 2.45) is 0 Å². The minimum Gasteiger partial charge on any atom is -0.399 e. The average Bonchev–Trinajstić information content (AvgIpc) is 2.61. The van der Waals surface area contributed by atoms with Crippen molar-refractivity contribution in [1.82, 2.24) is 0 Å². The van der Waals surface area contributed by atoms with Gasteiger partial charge in [-0.2, -0.15) is 0 Å². The number of hydrogen-bond donors (Lipinski definition) is 1. The largest absolute Gasteiger partial charge is 0.399 e. The Morgan fingerprint density at radius 2 is 1.42 bits per heavy atom. The van der Waals surface area contributed by atoms with E-state index >= 15 is 0 Å². The third-order valence-electron chi connectivity index (χ3n) is 4.96. The van der Waals surface area contributed by atoms with E-state index in [0.29, 0.717) is 0 Å². The Morgan fingerprint density at radius 3 is 1.83 bits per heavy atom. The zero-order valence-corrected chi connectivity index (χ0v) is 16.0. The lowest BCUT2D eigenvalue weighted by Crippen LogP contribution is -2.26. The van der Waals surface area contributed by atoms with Gasteiger partial charge in [0.2, 0.25) is 0 Å². The molecule has 0 fully saturated rings. The van der Waals surface area contributed by atoms with Crippen molar-refractivity contribution in [2.45, 2.75) is 59.8 Å². The van der Waals surface area contributed by atoms with E-state index in [1.807, 2.05) is 19.9 Å². The maximum absolute atomic E-state index is 5.99. The standard InChI is InChI=1S/C21H25N.C2H6/c1-6-17-9-10-18(13-15(17)4)21(7-2,8-3)19-11-12-20(22)16(5)14-19;1-2/h1,9-14H,7-8,22H2,2-5H3;1-2H3. The topological polar surface area (TPSA) is 26.0 Å². The summed E-state index contributed by atoms with van der Waals surface area (Å²) in [6, 6.07) is 12.9. The van der Waals surface area contributed by atoms with Crippen LogP contribution >= 0.6 is 0 Å². The van der Waals surface area contributed by atoms with Crippen LogP contribution in [0.3, 0.4) is 0 Å². The van der Waals surface area contributed by atoms with E-state index in [9.17, 15) is 0 Å². The molecule has 128 valence electrons. The van der Waals surface area contributed by atoms with E-state index in [2.05, 4.69) is 63.9 Å². The fourth-order valence-corrected chi connectivity index (χ4v) is 3.33. The minimum atomic E-state index is 0.0103. The fourth-order valence-electron chi connectivity index (χ4n) is 3.33. The van der Waals surface area contributed by atoms with E-state index in [0.717, 1.165) is 29.7 Å². The first-order valence-electron chi connectivity index (χ1n) is 8.92. The van der Waals surface area contributed by atoms with Gasteiger partial charge in [0.25, 0.3) is 0 Å². The van der Waals surface area contributed by atoms with Crippen LogP contribution in [0.15, 0.2) is 36.4 Å². The summed E-state index contributed by atoms with van der Waals surface area (Å²) in [6.45, 7) is 12.7. The summed E-state index contributed by atoms with van der Waals surface area (Å²) in [5, 5.41) is 0. The summed E-state index contributed by atoms with van der Waals surface area (Å²) >= 11 is 0. The van der Waals surface area contributed by atoms with Crippen LogP contribution in [0.4, 0.5) is 5.69 Å². The summed E-state index contributed by atoms with van der Waals surface area (Å²) in [7, 11) is 0. The first kappa shape index (κ1) is 19.8. The highest BCUT2D eigenvalue weighted by Gasteiger charge is 2.31. The molecule has 1 nitrogen and oxygen atoms in total. The van der Waals surface area contributed by atoms with Crippen molar-refractivity contribution < 1.29 is 0 Å². The molecule has 2 N–H and O–H groups in total. The number of hydrogen-bond acceptors (Lipinski definition) is 1. The van der Waals surface area contributed by atoms with Crippen molar-refractivity contribution in [2.75, 3.05) is 5.73 Å². The molecular weight excluding hydrogens is 290 g/mol. The molecule has 2 rings (SSSR count). The molecule has 0 aliphatic carbocycles. The molecular formula is C23H31N. The Bertz CT molecular complexity index is 715. The van der Waals surface area contributed by atoms with Gasteiger partial charge in [0.05, 0.1) is 0 Å². The number of aryl methyl sites for hydroxylation is 2. The van der Waals surface area contributed by atoms with Gasteiger partial charge in [-0.15, -0.1) is 6.42 Å². The number of terminal acetylenes is 1.